The highest BCUT2D eigenvalue weighted by Crippen LogP contribution is 2.70. The standard InChI is InChI=1S/C74H88F2N6O16/c1-41-54(40-74(95)65(98-69(93)47-23-15-10-16-24-47)63-72(6)35-34-49(72)39-55(84)73(63,7)64(89)42(2)60(41)71(74,4)5)96-70(94)62(61(45-19-11-8-12-20-45)82-68(92)46-21-13-9-14-22-46)97-59(88)33-32-56(85)79-36-18-17-25-52(67(78)91)81-58(87)31-28-48(66(77)90)38-53(83)43(3)80-57(86)30-27-44-26-29-50(75)51(76)37-44/h8-16,19-24,26-27,29-30,37,42-43,48-49,52,54-55,61-63,65,84,95H,17-18,25,28,31-36,38-40H2,1-7H3,(H2,77,90)(H2,78,91)(H,79,85)(H,80,86)(H,81,87)(H,82,92)/b30-27+/t42-,43?,48-,49-,52?,54+,55+,61+,62-,63-,65+,72-,73-,74-/m1/s1. The van der Waals surface area contributed by atoms with Gasteiger partial charge < -0.3 is 57.2 Å². The van der Waals surface area contributed by atoms with Gasteiger partial charge in [0.15, 0.2) is 17.4 Å². The summed E-state index contributed by atoms with van der Waals surface area (Å²) in [4.78, 5) is 150. The third kappa shape index (κ3) is 16.5. The molecule has 22 nitrogen and oxygen atoms in total. The summed E-state index contributed by atoms with van der Waals surface area (Å²) in [6.07, 6.45) is -3.94. The molecule has 4 aliphatic rings. The molecule has 4 aromatic carbocycles. The quantitative estimate of drug-likeness (QED) is 0.00885. The summed E-state index contributed by atoms with van der Waals surface area (Å²) in [7, 11) is 0. The number of aliphatic hydroxyl groups is 2. The molecular formula is C74H88F2N6O16. The second-order valence-corrected chi connectivity index (χ2v) is 27.4. The van der Waals surface area contributed by atoms with Crippen molar-refractivity contribution in [2.75, 3.05) is 6.54 Å². The molecule has 3 saturated carbocycles. The molecule has 98 heavy (non-hydrogen) atoms. The van der Waals surface area contributed by atoms with Crippen LogP contribution in [0.15, 0.2) is 126 Å². The number of unbranched alkanes of at least 4 members (excludes halogenated alkanes) is 1. The van der Waals surface area contributed by atoms with Gasteiger partial charge in [-0.15, -0.1) is 0 Å². The Balaban J connectivity index is 0.929. The summed E-state index contributed by atoms with van der Waals surface area (Å²) in [5.74, 6) is -13.7. The predicted molar refractivity (Wildman–Crippen MR) is 354 cm³/mol. The third-order valence-electron chi connectivity index (χ3n) is 20.8. The van der Waals surface area contributed by atoms with Crippen molar-refractivity contribution in [3.8, 4) is 0 Å². The number of Topliss-reactive ketones (excluding diaryl/α,β-unsaturated/α-hetero) is 2. The largest absolute Gasteiger partial charge is 0.455 e. The number of fused-ring (bicyclic) bond motifs is 5. The van der Waals surface area contributed by atoms with Crippen LogP contribution in [0.5, 0.6) is 0 Å². The summed E-state index contributed by atoms with van der Waals surface area (Å²) in [5.41, 5.74) is 7.12. The van der Waals surface area contributed by atoms with Crippen LogP contribution in [-0.2, 0) is 57.4 Å². The SMILES string of the molecule is CC1=C2[C@@H](C)C(=O)[C@@]3(C)[C@H]([C@H](OC(=O)c4ccccc4)[C@](O)(C[C@@H]1OC(=O)[C@H](OC(=O)CCC(=O)NCCCCC(NC(=O)CC[C@H](CC(=O)C(C)NC(=O)/C=C/c1ccc(F)c(F)c1)C(N)=O)C(N)=O)[C@@H](NC(=O)c1ccccc1)c1ccccc1)C2(C)C)[C@]1(C)CC[C@@H]1C[C@@H]3O. The Bertz CT molecular complexity index is 3740. The van der Waals surface area contributed by atoms with E-state index in [1.165, 1.54) is 19.1 Å². The van der Waals surface area contributed by atoms with Crippen LogP contribution in [0.4, 0.5) is 8.78 Å². The maximum Gasteiger partial charge on any atom is 0.350 e. The van der Waals surface area contributed by atoms with Crippen molar-refractivity contribution in [1.82, 2.24) is 21.3 Å². The van der Waals surface area contributed by atoms with E-state index in [0.717, 1.165) is 24.6 Å². The number of ether oxygens (including phenoxy) is 3. The summed E-state index contributed by atoms with van der Waals surface area (Å²) < 4.78 is 46.0. The number of nitrogens with two attached hydrogens (primary N) is 2. The van der Waals surface area contributed by atoms with Crippen molar-refractivity contribution in [3.05, 3.63) is 160 Å². The molecule has 4 aliphatic carbocycles. The lowest BCUT2D eigenvalue weighted by atomic mass is 9.37. The van der Waals surface area contributed by atoms with E-state index in [1.807, 2.05) is 6.92 Å². The molecule has 524 valence electrons. The number of ketones is 2. The first-order valence-corrected chi connectivity index (χ1v) is 33.2. The number of aliphatic hydroxyl groups excluding tert-OH is 1. The van der Waals surface area contributed by atoms with E-state index < -0.39 is 179 Å². The molecule has 6 amide bonds. The van der Waals surface area contributed by atoms with Crippen molar-refractivity contribution in [1.29, 1.82) is 0 Å². The summed E-state index contributed by atoms with van der Waals surface area (Å²) in [5, 5.41) is 36.6. The minimum atomic E-state index is -2.12. The fraction of sp³-hybridized carbons (Fsp3) is 0.473. The van der Waals surface area contributed by atoms with Crippen LogP contribution < -0.4 is 32.7 Å². The molecule has 2 bridgehead atoms. The Morgan fingerprint density at radius 3 is 2.01 bits per heavy atom. The van der Waals surface area contributed by atoms with Gasteiger partial charge in [-0.05, 0) is 142 Å². The average molecular weight is 1360 g/mol. The van der Waals surface area contributed by atoms with Crippen molar-refractivity contribution in [2.45, 2.75) is 174 Å². The van der Waals surface area contributed by atoms with Gasteiger partial charge in [-0.1, -0.05) is 100 Å². The zero-order valence-corrected chi connectivity index (χ0v) is 56.1. The summed E-state index contributed by atoms with van der Waals surface area (Å²) >= 11 is 0. The van der Waals surface area contributed by atoms with Gasteiger partial charge in [0.1, 0.15) is 35.7 Å². The van der Waals surface area contributed by atoms with Gasteiger partial charge in [-0.25, -0.2) is 18.4 Å². The number of amides is 6. The van der Waals surface area contributed by atoms with Crippen LogP contribution in [0.1, 0.15) is 163 Å². The Morgan fingerprint density at radius 2 is 1.40 bits per heavy atom. The molecule has 14 atom stereocenters. The minimum absolute atomic E-state index is 0.0293. The van der Waals surface area contributed by atoms with E-state index in [-0.39, 0.29) is 67.0 Å². The molecule has 0 spiro atoms. The minimum Gasteiger partial charge on any atom is -0.455 e. The van der Waals surface area contributed by atoms with Crippen molar-refractivity contribution in [2.24, 2.45) is 51.4 Å². The van der Waals surface area contributed by atoms with E-state index in [0.29, 0.717) is 29.6 Å². The van der Waals surface area contributed by atoms with Gasteiger partial charge in [-0.2, -0.15) is 0 Å². The molecule has 0 aliphatic heterocycles. The van der Waals surface area contributed by atoms with Crippen LogP contribution in [0.3, 0.4) is 0 Å². The van der Waals surface area contributed by atoms with Crippen LogP contribution in [0, 0.1) is 51.6 Å². The van der Waals surface area contributed by atoms with Gasteiger partial charge in [0.05, 0.1) is 29.5 Å². The van der Waals surface area contributed by atoms with Gasteiger partial charge >= 0.3 is 17.9 Å². The zero-order chi connectivity index (χ0) is 71.6. The second kappa shape index (κ2) is 31.5. The van der Waals surface area contributed by atoms with Gasteiger partial charge in [0.2, 0.25) is 35.6 Å². The Hall–Kier alpha value is -9.29. The van der Waals surface area contributed by atoms with Gasteiger partial charge in [0.25, 0.3) is 5.91 Å². The van der Waals surface area contributed by atoms with E-state index in [1.54, 1.807) is 126 Å². The number of benzene rings is 4. The predicted octanol–water partition coefficient (Wildman–Crippen LogP) is 7.08. The normalized spacial score (nSPS) is 25.3. The number of esters is 3. The number of carbonyl (C=O) groups excluding carboxylic acids is 11. The molecule has 2 unspecified atom stereocenters. The highest BCUT2D eigenvalue weighted by molar-refractivity contribution is 5.98. The Labute approximate surface area is 567 Å². The Morgan fingerprint density at radius 1 is 0.755 bits per heavy atom. The zero-order valence-electron chi connectivity index (χ0n) is 56.1. The molecule has 8 rings (SSSR count). The number of halogens is 2. The smallest absolute Gasteiger partial charge is 0.350 e. The molecule has 24 heteroatoms. The molecule has 10 N–H and O–H groups in total. The average Bonchev–Trinajstić information content (AvgIpc) is 0.674. The Kier molecular flexibility index (Phi) is 23.9. The molecule has 4 aromatic rings. The third-order valence-corrected chi connectivity index (χ3v) is 20.8. The van der Waals surface area contributed by atoms with Crippen LogP contribution >= 0.6 is 0 Å². The number of nitrogens with one attached hydrogen (secondary N) is 4. The summed E-state index contributed by atoms with van der Waals surface area (Å²) in [6, 6.07) is 23.8. The number of hydrogen-bond acceptors (Lipinski definition) is 16. The van der Waals surface area contributed by atoms with Crippen LogP contribution in [0.2, 0.25) is 0 Å². The van der Waals surface area contributed by atoms with Crippen LogP contribution in [0.25, 0.3) is 6.08 Å². The maximum atomic E-state index is 15.5. The topological polar surface area (TPSA) is 356 Å². The fourth-order valence-electron chi connectivity index (χ4n) is 15.1. The molecule has 0 aromatic heterocycles. The van der Waals surface area contributed by atoms with Crippen molar-refractivity contribution < 1.29 is 85.9 Å². The summed E-state index contributed by atoms with van der Waals surface area (Å²) in [6.45, 7) is 12.0. The lowest BCUT2D eigenvalue weighted by Gasteiger charge is -2.68. The first-order valence-electron chi connectivity index (χ1n) is 33.2. The fourth-order valence-corrected chi connectivity index (χ4v) is 15.1. The van der Waals surface area contributed by atoms with E-state index >= 15 is 9.59 Å². The first-order chi connectivity index (χ1) is 46.3. The van der Waals surface area contributed by atoms with Crippen molar-refractivity contribution >= 4 is 71.0 Å². The molecule has 0 saturated heterocycles. The van der Waals surface area contributed by atoms with E-state index in [4.69, 9.17) is 25.7 Å². The number of carbonyl (C=O) groups is 11. The van der Waals surface area contributed by atoms with E-state index in [9.17, 15) is 62.1 Å². The molecule has 3 fully saturated rings. The van der Waals surface area contributed by atoms with Gasteiger partial charge in [0, 0.05) is 67.0 Å². The highest BCUT2D eigenvalue weighted by Gasteiger charge is 2.74. The lowest BCUT2D eigenvalue weighted by Crippen LogP contribution is -2.74. The second-order valence-electron chi connectivity index (χ2n) is 27.4. The van der Waals surface area contributed by atoms with Gasteiger partial charge in [-0.3, -0.25) is 43.2 Å². The molecule has 0 radical (unpaired) electrons. The number of rotatable bonds is 29. The number of hydrogen-bond donors (Lipinski definition) is 8. The highest BCUT2D eigenvalue weighted by atomic mass is 19.2. The maximum absolute atomic E-state index is 15.5. The van der Waals surface area contributed by atoms with Crippen molar-refractivity contribution in [3.63, 3.8) is 0 Å². The molecule has 0 heterocycles. The monoisotopic (exact) mass is 1350 g/mol. The lowest BCUT2D eigenvalue weighted by molar-refractivity contribution is -0.265. The molecular weight excluding hydrogens is 1270 g/mol. The number of primary amides is 2. The van der Waals surface area contributed by atoms with E-state index in [2.05, 4.69) is 21.3 Å². The van der Waals surface area contributed by atoms with Crippen LogP contribution in [-0.4, -0.2) is 124 Å². The first kappa shape index (κ1) is 74.5.